The van der Waals surface area contributed by atoms with E-state index in [0.29, 0.717) is 0 Å². The Bertz CT molecular complexity index is 171. The summed E-state index contributed by atoms with van der Waals surface area (Å²) in [4.78, 5) is 21.6. The molecule has 0 aliphatic heterocycles. The highest BCUT2D eigenvalue weighted by atomic mass is 31.2. The molecule has 0 heterocycles. The Labute approximate surface area is 77.8 Å². The highest BCUT2D eigenvalue weighted by Gasteiger charge is 2.00. The van der Waals surface area contributed by atoms with Crippen molar-refractivity contribution in [2.75, 3.05) is 0 Å². The van der Waals surface area contributed by atoms with Crippen LogP contribution in [0, 0.1) is 0 Å². The normalized spacial score (nSPS) is 10.2. The Morgan fingerprint density at radius 3 is 1.62 bits per heavy atom. The fourth-order valence-corrected chi connectivity index (χ4v) is 0.524. The summed E-state index contributed by atoms with van der Waals surface area (Å²) in [6, 6.07) is 0.227. The summed E-state index contributed by atoms with van der Waals surface area (Å²) >= 11 is 0. The molecule has 78 valence electrons. The summed E-state index contributed by atoms with van der Waals surface area (Å²) < 4.78 is 8.88. The van der Waals surface area contributed by atoms with Crippen LogP contribution >= 0.6 is 7.82 Å². The van der Waals surface area contributed by atoms with E-state index in [1.54, 1.807) is 0 Å². The van der Waals surface area contributed by atoms with Gasteiger partial charge in [0.15, 0.2) is 0 Å². The van der Waals surface area contributed by atoms with Crippen LogP contribution in [0.1, 0.15) is 12.8 Å². The van der Waals surface area contributed by atoms with Gasteiger partial charge in [0.05, 0.1) is 0 Å². The van der Waals surface area contributed by atoms with Crippen LogP contribution in [0.15, 0.2) is 25.3 Å². The second-order valence-corrected chi connectivity index (χ2v) is 3.35. The topological polar surface area (TPSA) is 104 Å². The van der Waals surface area contributed by atoms with Crippen molar-refractivity contribution in [3.05, 3.63) is 25.3 Å². The molecule has 0 saturated carbocycles. The van der Waals surface area contributed by atoms with E-state index < -0.39 is 7.82 Å². The third-order valence-corrected chi connectivity index (χ3v) is 0.939. The molecule has 0 unspecified atom stereocenters. The van der Waals surface area contributed by atoms with Crippen LogP contribution in [0.25, 0.3) is 0 Å². The Balaban J connectivity index is 0. The minimum Gasteiger partial charge on any atom is -0.327 e. The Morgan fingerprint density at radius 2 is 1.46 bits per heavy atom. The van der Waals surface area contributed by atoms with Gasteiger partial charge in [-0.2, -0.15) is 0 Å². The third-order valence-electron chi connectivity index (χ3n) is 0.939. The molecule has 0 radical (unpaired) electrons. The maximum atomic E-state index is 8.88. The predicted molar refractivity (Wildman–Crippen MR) is 51.9 cm³/mol. The first-order chi connectivity index (χ1) is 5.81. The smallest absolute Gasteiger partial charge is 0.327 e. The zero-order valence-electron chi connectivity index (χ0n) is 7.33. The molecule has 0 rings (SSSR count). The molecule has 0 amide bonds. The van der Waals surface area contributed by atoms with E-state index in [0.717, 1.165) is 12.8 Å². The van der Waals surface area contributed by atoms with Gasteiger partial charge in [-0.05, 0) is 12.8 Å². The van der Waals surface area contributed by atoms with Gasteiger partial charge in [0.25, 0.3) is 0 Å². The van der Waals surface area contributed by atoms with E-state index in [2.05, 4.69) is 13.2 Å². The van der Waals surface area contributed by atoms with Gasteiger partial charge < -0.3 is 20.4 Å². The first-order valence-corrected chi connectivity index (χ1v) is 5.13. The van der Waals surface area contributed by atoms with Crippen LogP contribution in [-0.2, 0) is 4.57 Å². The van der Waals surface area contributed by atoms with Gasteiger partial charge >= 0.3 is 7.82 Å². The number of nitrogens with two attached hydrogens (primary N) is 1. The molecule has 0 spiro atoms. The van der Waals surface area contributed by atoms with Gasteiger partial charge in [-0.25, -0.2) is 4.57 Å². The molecule has 0 saturated heterocycles. The zero-order chi connectivity index (χ0) is 10.9. The number of hydrogen-bond acceptors (Lipinski definition) is 2. The highest BCUT2D eigenvalue weighted by Crippen LogP contribution is 2.25. The van der Waals surface area contributed by atoms with Crippen LogP contribution in [0.2, 0.25) is 0 Å². The average molecular weight is 209 g/mol. The first kappa shape index (κ1) is 15.0. The summed E-state index contributed by atoms with van der Waals surface area (Å²) in [5.74, 6) is 0. The van der Waals surface area contributed by atoms with Crippen LogP contribution in [0.3, 0.4) is 0 Å². The van der Waals surface area contributed by atoms with Crippen molar-refractivity contribution in [3.8, 4) is 0 Å². The van der Waals surface area contributed by atoms with Gasteiger partial charge in [-0.15, -0.1) is 13.2 Å². The number of rotatable bonds is 4. The van der Waals surface area contributed by atoms with Crippen molar-refractivity contribution in [2.45, 2.75) is 18.9 Å². The molecule has 0 aromatic carbocycles. The molecule has 5 N–H and O–H groups in total. The largest absolute Gasteiger partial charge is 0.466 e. The SMILES string of the molecule is C=CCC(N)CC=C.O=P(O)(O)O. The standard InChI is InChI=1S/C7H13N.H3O4P/c1-3-5-7(8)6-4-2;1-5(2,3)4/h3-4,7H,1-2,5-6,8H2;(H3,1,2,3,4). The molecule has 0 aromatic rings. The maximum Gasteiger partial charge on any atom is 0.466 e. The molecule has 0 atom stereocenters. The van der Waals surface area contributed by atoms with Gasteiger partial charge in [0, 0.05) is 6.04 Å². The highest BCUT2D eigenvalue weighted by molar-refractivity contribution is 7.45. The summed E-state index contributed by atoms with van der Waals surface area (Å²) in [5, 5.41) is 0. The van der Waals surface area contributed by atoms with E-state index in [1.807, 2.05) is 12.2 Å². The molecular weight excluding hydrogens is 193 g/mol. The van der Waals surface area contributed by atoms with Crippen molar-refractivity contribution in [3.63, 3.8) is 0 Å². The van der Waals surface area contributed by atoms with E-state index in [9.17, 15) is 0 Å². The molecule has 5 nitrogen and oxygen atoms in total. The second-order valence-electron chi connectivity index (χ2n) is 2.32. The molecular formula is C7H16NO4P. The monoisotopic (exact) mass is 209 g/mol. The zero-order valence-corrected chi connectivity index (χ0v) is 8.23. The lowest BCUT2D eigenvalue weighted by molar-refractivity contribution is 0.275. The summed E-state index contributed by atoms with van der Waals surface area (Å²) in [5.41, 5.74) is 5.55. The Hall–Kier alpha value is -0.450. The Kier molecular flexibility index (Phi) is 9.44. The Morgan fingerprint density at radius 1 is 1.23 bits per heavy atom. The van der Waals surface area contributed by atoms with Crippen molar-refractivity contribution < 1.29 is 19.2 Å². The van der Waals surface area contributed by atoms with Crippen LogP contribution < -0.4 is 5.73 Å². The second kappa shape index (κ2) is 8.16. The lowest BCUT2D eigenvalue weighted by atomic mass is 10.1. The molecule has 13 heavy (non-hydrogen) atoms. The van der Waals surface area contributed by atoms with Crippen LogP contribution in [-0.4, -0.2) is 20.7 Å². The maximum absolute atomic E-state index is 8.88. The number of hydrogen-bond donors (Lipinski definition) is 4. The van der Waals surface area contributed by atoms with E-state index in [4.69, 9.17) is 25.0 Å². The van der Waals surface area contributed by atoms with Gasteiger partial charge in [0.2, 0.25) is 0 Å². The van der Waals surface area contributed by atoms with Crippen molar-refractivity contribution >= 4 is 7.82 Å². The molecule has 6 heteroatoms. The molecule has 0 aliphatic rings. The fraction of sp³-hybridized carbons (Fsp3) is 0.429. The lowest BCUT2D eigenvalue weighted by Gasteiger charge is -2.01. The van der Waals surface area contributed by atoms with E-state index in [1.165, 1.54) is 0 Å². The first-order valence-electron chi connectivity index (χ1n) is 3.57. The van der Waals surface area contributed by atoms with Crippen molar-refractivity contribution in [2.24, 2.45) is 5.73 Å². The van der Waals surface area contributed by atoms with Crippen LogP contribution in [0.5, 0.6) is 0 Å². The minimum atomic E-state index is -4.64. The van der Waals surface area contributed by atoms with Gasteiger partial charge in [-0.1, -0.05) is 12.2 Å². The third kappa shape index (κ3) is 34.2. The quantitative estimate of drug-likeness (QED) is 0.399. The summed E-state index contributed by atoms with van der Waals surface area (Å²) in [6.45, 7) is 7.14. The molecule has 0 aliphatic carbocycles. The van der Waals surface area contributed by atoms with Gasteiger partial charge in [-0.3, -0.25) is 0 Å². The minimum absolute atomic E-state index is 0.227. The van der Waals surface area contributed by atoms with Crippen LogP contribution in [0.4, 0.5) is 0 Å². The molecule has 0 bridgehead atoms. The summed E-state index contributed by atoms with van der Waals surface area (Å²) in [6.07, 6.45) is 5.42. The van der Waals surface area contributed by atoms with Crippen molar-refractivity contribution in [1.29, 1.82) is 0 Å². The average Bonchev–Trinajstić information content (AvgIpc) is 1.84. The van der Waals surface area contributed by atoms with E-state index >= 15 is 0 Å². The molecule has 0 fully saturated rings. The van der Waals surface area contributed by atoms with E-state index in [-0.39, 0.29) is 6.04 Å². The lowest BCUT2D eigenvalue weighted by Crippen LogP contribution is -2.17. The van der Waals surface area contributed by atoms with Crippen molar-refractivity contribution in [1.82, 2.24) is 0 Å². The predicted octanol–water partition coefficient (Wildman–Crippen LogP) is 0.537. The van der Waals surface area contributed by atoms with Gasteiger partial charge in [0.1, 0.15) is 0 Å². The fourth-order valence-electron chi connectivity index (χ4n) is 0.524. The number of phosphoric acid groups is 1. The molecule has 0 aromatic heterocycles. The summed E-state index contributed by atoms with van der Waals surface area (Å²) in [7, 11) is -4.64.